The third-order valence-electron chi connectivity index (χ3n) is 4.70. The standard InChI is InChI=1S/C24H21F3N4O4/c25-22-13-21(7-4-18(22)14-32-12-11-31-10-9-28-30-31)33-15-19-16-34-23(29-19)8-3-17-1-5-20(6-2-17)35-24(26)27/h1-10,13,16,24H,11-12,14-15H2/b8-3+. The van der Waals surface area contributed by atoms with Gasteiger partial charge in [-0.3, -0.25) is 4.68 Å². The van der Waals surface area contributed by atoms with Crippen LogP contribution in [-0.2, 0) is 24.5 Å². The van der Waals surface area contributed by atoms with Crippen molar-refractivity contribution in [2.45, 2.75) is 26.4 Å². The zero-order valence-electron chi connectivity index (χ0n) is 18.4. The Balaban J connectivity index is 1.23. The van der Waals surface area contributed by atoms with Gasteiger partial charge in [0.05, 0.1) is 26.0 Å². The predicted octanol–water partition coefficient (Wildman–Crippen LogP) is 4.97. The molecule has 0 fully saturated rings. The summed E-state index contributed by atoms with van der Waals surface area (Å²) < 4.78 is 61.2. The first kappa shape index (κ1) is 24.0. The monoisotopic (exact) mass is 486 g/mol. The number of hydrogen-bond acceptors (Lipinski definition) is 7. The van der Waals surface area contributed by atoms with Crippen LogP contribution in [0.1, 0.15) is 22.7 Å². The molecule has 0 saturated carbocycles. The van der Waals surface area contributed by atoms with E-state index < -0.39 is 12.4 Å². The number of ether oxygens (including phenoxy) is 3. The molecule has 2 aromatic carbocycles. The lowest BCUT2D eigenvalue weighted by atomic mass is 10.2. The first-order chi connectivity index (χ1) is 17.0. The second-order valence-corrected chi connectivity index (χ2v) is 7.22. The molecule has 0 atom stereocenters. The zero-order chi connectivity index (χ0) is 24.5. The molecule has 182 valence electrons. The summed E-state index contributed by atoms with van der Waals surface area (Å²) in [4.78, 5) is 4.28. The SMILES string of the molecule is Fc1cc(OCc2coc(/C=C/c3ccc(OC(F)F)cc3)n2)ccc1COCCn1ccnn1. The normalized spacial score (nSPS) is 11.4. The highest BCUT2D eigenvalue weighted by atomic mass is 19.3. The van der Waals surface area contributed by atoms with Crippen LogP contribution in [0, 0.1) is 5.82 Å². The Morgan fingerprint density at radius 2 is 1.86 bits per heavy atom. The molecule has 0 bridgehead atoms. The van der Waals surface area contributed by atoms with Crippen molar-refractivity contribution in [3.63, 3.8) is 0 Å². The number of rotatable bonds is 12. The average molecular weight is 486 g/mol. The second kappa shape index (κ2) is 11.8. The maximum Gasteiger partial charge on any atom is 0.387 e. The third kappa shape index (κ3) is 7.44. The van der Waals surface area contributed by atoms with Crippen molar-refractivity contribution in [3.05, 3.63) is 89.7 Å². The largest absolute Gasteiger partial charge is 0.487 e. The molecular weight excluding hydrogens is 465 g/mol. The van der Waals surface area contributed by atoms with E-state index in [0.717, 1.165) is 5.56 Å². The molecule has 0 unspecified atom stereocenters. The summed E-state index contributed by atoms with van der Waals surface area (Å²) in [6.07, 6.45) is 8.08. The van der Waals surface area contributed by atoms with Crippen LogP contribution in [0.15, 0.2) is 65.5 Å². The van der Waals surface area contributed by atoms with Gasteiger partial charge in [0.15, 0.2) is 0 Å². The highest BCUT2D eigenvalue weighted by molar-refractivity contribution is 5.66. The van der Waals surface area contributed by atoms with Gasteiger partial charge in [-0.2, -0.15) is 8.78 Å². The van der Waals surface area contributed by atoms with Gasteiger partial charge in [0.25, 0.3) is 0 Å². The molecule has 4 aromatic rings. The first-order valence-electron chi connectivity index (χ1n) is 10.6. The molecule has 0 saturated heterocycles. The van der Waals surface area contributed by atoms with Crippen molar-refractivity contribution in [2.24, 2.45) is 0 Å². The molecule has 0 radical (unpaired) electrons. The maximum absolute atomic E-state index is 14.4. The number of aromatic nitrogens is 4. The number of benzene rings is 2. The minimum absolute atomic E-state index is 0.0767. The van der Waals surface area contributed by atoms with Crippen molar-refractivity contribution in [3.8, 4) is 11.5 Å². The minimum atomic E-state index is -2.87. The Hall–Kier alpha value is -4.12. The van der Waals surface area contributed by atoms with Crippen molar-refractivity contribution in [2.75, 3.05) is 6.61 Å². The van der Waals surface area contributed by atoms with Crippen molar-refractivity contribution in [1.82, 2.24) is 20.0 Å². The van der Waals surface area contributed by atoms with Crippen LogP contribution >= 0.6 is 0 Å². The molecule has 35 heavy (non-hydrogen) atoms. The van der Waals surface area contributed by atoms with Crippen LogP contribution in [0.2, 0.25) is 0 Å². The van der Waals surface area contributed by atoms with Crippen LogP contribution in [0.25, 0.3) is 12.2 Å². The maximum atomic E-state index is 14.4. The van der Waals surface area contributed by atoms with Gasteiger partial charge < -0.3 is 18.6 Å². The second-order valence-electron chi connectivity index (χ2n) is 7.22. The molecule has 2 aromatic heterocycles. The van der Waals surface area contributed by atoms with Gasteiger partial charge in [0.2, 0.25) is 5.89 Å². The van der Waals surface area contributed by atoms with Crippen LogP contribution in [0.5, 0.6) is 11.5 Å². The van der Waals surface area contributed by atoms with Crippen molar-refractivity contribution >= 4 is 12.2 Å². The summed E-state index contributed by atoms with van der Waals surface area (Å²) >= 11 is 0. The Labute approximate surface area is 198 Å². The Kier molecular flexibility index (Phi) is 8.12. The summed E-state index contributed by atoms with van der Waals surface area (Å²) in [7, 11) is 0. The van der Waals surface area contributed by atoms with Crippen LogP contribution in [-0.4, -0.2) is 33.2 Å². The minimum Gasteiger partial charge on any atom is -0.487 e. The molecule has 0 aliphatic heterocycles. The van der Waals surface area contributed by atoms with Gasteiger partial charge in [-0.05, 0) is 29.8 Å². The lowest BCUT2D eigenvalue weighted by Gasteiger charge is -2.08. The van der Waals surface area contributed by atoms with E-state index in [4.69, 9.17) is 13.9 Å². The topological polar surface area (TPSA) is 84.4 Å². The molecule has 4 rings (SSSR count). The quantitative estimate of drug-likeness (QED) is 0.261. The molecule has 2 heterocycles. The molecule has 0 aliphatic rings. The summed E-state index contributed by atoms with van der Waals surface area (Å²) in [6, 6.07) is 10.7. The van der Waals surface area contributed by atoms with Gasteiger partial charge in [0, 0.05) is 23.9 Å². The van der Waals surface area contributed by atoms with E-state index in [1.807, 2.05) is 0 Å². The first-order valence-corrected chi connectivity index (χ1v) is 10.6. The summed E-state index contributed by atoms with van der Waals surface area (Å²) in [5.41, 5.74) is 1.69. The van der Waals surface area contributed by atoms with E-state index in [1.54, 1.807) is 53.5 Å². The predicted molar refractivity (Wildman–Crippen MR) is 119 cm³/mol. The van der Waals surface area contributed by atoms with Crippen molar-refractivity contribution in [1.29, 1.82) is 0 Å². The lowest BCUT2D eigenvalue weighted by Crippen LogP contribution is -2.07. The molecular formula is C24H21F3N4O4. The number of nitrogens with zero attached hydrogens (tertiary/aromatic N) is 4. The smallest absolute Gasteiger partial charge is 0.387 e. The Morgan fingerprint density at radius 3 is 2.60 bits per heavy atom. The highest BCUT2D eigenvalue weighted by Crippen LogP contribution is 2.20. The molecule has 0 aliphatic carbocycles. The molecule has 11 heteroatoms. The fourth-order valence-corrected chi connectivity index (χ4v) is 2.98. The van der Waals surface area contributed by atoms with Gasteiger partial charge in [-0.25, -0.2) is 9.37 Å². The summed E-state index contributed by atoms with van der Waals surface area (Å²) in [5.74, 6) is 0.325. The molecule has 8 nitrogen and oxygen atoms in total. The number of hydrogen-bond donors (Lipinski definition) is 0. The summed E-state index contributed by atoms with van der Waals surface area (Å²) in [6.45, 7) is -1.75. The fraction of sp³-hybridized carbons (Fsp3) is 0.208. The highest BCUT2D eigenvalue weighted by Gasteiger charge is 2.08. The van der Waals surface area contributed by atoms with Crippen LogP contribution in [0.3, 0.4) is 0 Å². The molecule has 0 amide bonds. The van der Waals surface area contributed by atoms with E-state index in [0.29, 0.717) is 36.0 Å². The number of halogens is 3. The van der Waals surface area contributed by atoms with E-state index in [2.05, 4.69) is 20.0 Å². The van der Waals surface area contributed by atoms with Gasteiger partial charge >= 0.3 is 6.61 Å². The molecule has 0 spiro atoms. The van der Waals surface area contributed by atoms with Crippen LogP contribution in [0.4, 0.5) is 13.2 Å². The molecule has 0 N–H and O–H groups in total. The van der Waals surface area contributed by atoms with E-state index in [9.17, 15) is 13.2 Å². The van der Waals surface area contributed by atoms with E-state index in [-0.39, 0.29) is 19.0 Å². The van der Waals surface area contributed by atoms with E-state index >= 15 is 0 Å². The third-order valence-corrected chi connectivity index (χ3v) is 4.70. The van der Waals surface area contributed by atoms with Crippen LogP contribution < -0.4 is 9.47 Å². The summed E-state index contributed by atoms with van der Waals surface area (Å²) in [5, 5.41) is 7.53. The van der Waals surface area contributed by atoms with Gasteiger partial charge in [-0.1, -0.05) is 23.4 Å². The number of alkyl halides is 2. The van der Waals surface area contributed by atoms with Crippen molar-refractivity contribution < 1.29 is 31.8 Å². The lowest BCUT2D eigenvalue weighted by molar-refractivity contribution is -0.0498. The zero-order valence-corrected chi connectivity index (χ0v) is 18.4. The van der Waals surface area contributed by atoms with Gasteiger partial charge in [0.1, 0.15) is 35.9 Å². The Bertz CT molecular complexity index is 1230. The average Bonchev–Trinajstić information content (AvgIpc) is 3.53. The van der Waals surface area contributed by atoms with Gasteiger partial charge in [-0.15, -0.1) is 5.10 Å². The van der Waals surface area contributed by atoms with E-state index in [1.165, 1.54) is 24.5 Å². The number of oxazole rings is 1. The Morgan fingerprint density at radius 1 is 1.03 bits per heavy atom. The fourth-order valence-electron chi connectivity index (χ4n) is 2.98.